The first-order chi connectivity index (χ1) is 11.3. The summed E-state index contributed by atoms with van der Waals surface area (Å²) in [6.07, 6.45) is 0. The number of anilines is 1. The second kappa shape index (κ2) is 5.47. The number of aromatic amines is 1. The van der Waals surface area contributed by atoms with Crippen LogP contribution in [-0.4, -0.2) is 13.4 Å². The molecule has 24 heavy (non-hydrogen) atoms. The molecule has 0 unspecified atom stereocenters. The van der Waals surface area contributed by atoms with Crippen LogP contribution in [0.1, 0.15) is 5.56 Å². The Hall–Kier alpha value is -3.19. The predicted octanol–water partition coefficient (Wildman–Crippen LogP) is 2.07. The van der Waals surface area contributed by atoms with E-state index in [0.717, 1.165) is 0 Å². The Morgan fingerprint density at radius 3 is 2.46 bits per heavy atom. The summed E-state index contributed by atoms with van der Waals surface area (Å²) in [6, 6.07) is 6.57. The van der Waals surface area contributed by atoms with Crippen molar-refractivity contribution in [1.29, 1.82) is 5.26 Å². The molecular weight excluding hydrogens is 344 g/mol. The van der Waals surface area contributed by atoms with E-state index in [1.54, 1.807) is 0 Å². The van der Waals surface area contributed by atoms with Gasteiger partial charge in [0.05, 0.1) is 22.8 Å². The molecule has 0 radical (unpaired) electrons. The summed E-state index contributed by atoms with van der Waals surface area (Å²) in [5, 5.41) is 8.63. The SMILES string of the molecule is N#Cc1cc(F)c(S(=O)(=O)Nc2ccc3oc(=O)[nH]c3c2)c(F)c1. The third-order valence-electron chi connectivity index (χ3n) is 3.07. The molecule has 0 aliphatic heterocycles. The molecule has 7 nitrogen and oxygen atoms in total. The Morgan fingerprint density at radius 1 is 1.17 bits per heavy atom. The summed E-state index contributed by atoms with van der Waals surface area (Å²) in [7, 11) is -4.59. The lowest BCUT2D eigenvalue weighted by Crippen LogP contribution is -2.16. The van der Waals surface area contributed by atoms with Gasteiger partial charge in [-0.15, -0.1) is 0 Å². The van der Waals surface area contributed by atoms with E-state index >= 15 is 0 Å². The minimum atomic E-state index is -4.59. The molecule has 2 aromatic carbocycles. The Balaban J connectivity index is 2.04. The average molecular weight is 351 g/mol. The minimum absolute atomic E-state index is 0.0392. The summed E-state index contributed by atoms with van der Waals surface area (Å²) < 4.78 is 59.0. The van der Waals surface area contributed by atoms with Crippen molar-refractivity contribution in [2.24, 2.45) is 0 Å². The van der Waals surface area contributed by atoms with Crippen LogP contribution in [0.4, 0.5) is 14.5 Å². The fourth-order valence-electron chi connectivity index (χ4n) is 2.10. The van der Waals surface area contributed by atoms with Crippen molar-refractivity contribution in [3.63, 3.8) is 0 Å². The van der Waals surface area contributed by atoms with Gasteiger partial charge in [0.15, 0.2) is 10.5 Å². The number of hydrogen-bond donors (Lipinski definition) is 2. The lowest BCUT2D eigenvalue weighted by atomic mass is 10.2. The van der Waals surface area contributed by atoms with Crippen LogP contribution >= 0.6 is 0 Å². The number of oxazole rings is 1. The molecule has 1 heterocycles. The average Bonchev–Trinajstić information content (AvgIpc) is 2.84. The summed E-state index contributed by atoms with van der Waals surface area (Å²) in [5.74, 6) is -3.51. The minimum Gasteiger partial charge on any atom is -0.408 e. The van der Waals surface area contributed by atoms with Crippen molar-refractivity contribution in [1.82, 2.24) is 4.98 Å². The number of aromatic nitrogens is 1. The number of nitrogens with zero attached hydrogens (tertiary/aromatic N) is 1. The molecule has 3 rings (SSSR count). The number of sulfonamides is 1. The highest BCUT2D eigenvalue weighted by Gasteiger charge is 2.25. The number of rotatable bonds is 3. The molecule has 0 bridgehead atoms. The smallest absolute Gasteiger partial charge is 0.408 e. The second-order valence-electron chi connectivity index (χ2n) is 4.71. The van der Waals surface area contributed by atoms with E-state index in [1.807, 2.05) is 4.72 Å². The fourth-order valence-corrected chi connectivity index (χ4v) is 3.27. The number of nitriles is 1. The molecule has 0 fully saturated rings. The summed E-state index contributed by atoms with van der Waals surface area (Å²) in [6.45, 7) is 0. The maximum Gasteiger partial charge on any atom is 0.417 e. The van der Waals surface area contributed by atoms with E-state index in [0.29, 0.717) is 12.1 Å². The van der Waals surface area contributed by atoms with E-state index in [2.05, 4.69) is 4.98 Å². The molecule has 0 saturated carbocycles. The molecular formula is C14H7F2N3O4S. The zero-order chi connectivity index (χ0) is 17.5. The fraction of sp³-hybridized carbons (Fsp3) is 0. The maximum absolute atomic E-state index is 13.9. The molecule has 2 N–H and O–H groups in total. The molecule has 0 atom stereocenters. The normalized spacial score (nSPS) is 11.4. The summed E-state index contributed by atoms with van der Waals surface area (Å²) in [5.41, 5.74) is 0.0173. The number of H-pyrrole nitrogens is 1. The zero-order valence-corrected chi connectivity index (χ0v) is 12.4. The van der Waals surface area contributed by atoms with Gasteiger partial charge in [0.25, 0.3) is 10.0 Å². The van der Waals surface area contributed by atoms with Gasteiger partial charge < -0.3 is 4.42 Å². The molecule has 0 aliphatic rings. The lowest BCUT2D eigenvalue weighted by Gasteiger charge is -2.10. The van der Waals surface area contributed by atoms with Gasteiger partial charge in [0.1, 0.15) is 11.6 Å². The van der Waals surface area contributed by atoms with E-state index in [9.17, 15) is 22.0 Å². The largest absolute Gasteiger partial charge is 0.417 e. The van der Waals surface area contributed by atoms with E-state index in [-0.39, 0.29) is 22.4 Å². The van der Waals surface area contributed by atoms with Crippen LogP contribution in [0.15, 0.2) is 44.4 Å². The monoisotopic (exact) mass is 351 g/mol. The predicted molar refractivity (Wildman–Crippen MR) is 78.7 cm³/mol. The number of fused-ring (bicyclic) bond motifs is 1. The Kier molecular flexibility index (Phi) is 3.57. The van der Waals surface area contributed by atoms with E-state index in [4.69, 9.17) is 9.68 Å². The van der Waals surface area contributed by atoms with Crippen molar-refractivity contribution >= 4 is 26.8 Å². The third-order valence-corrected chi connectivity index (χ3v) is 4.50. The topological polar surface area (TPSA) is 116 Å². The number of halogens is 2. The second-order valence-corrected chi connectivity index (χ2v) is 6.33. The van der Waals surface area contributed by atoms with Crippen LogP contribution in [0.5, 0.6) is 0 Å². The number of benzene rings is 2. The van der Waals surface area contributed by atoms with Gasteiger partial charge in [-0.1, -0.05) is 0 Å². The third kappa shape index (κ3) is 2.72. The highest BCUT2D eigenvalue weighted by molar-refractivity contribution is 7.92. The van der Waals surface area contributed by atoms with Gasteiger partial charge in [-0.2, -0.15) is 5.26 Å². The van der Waals surface area contributed by atoms with E-state index in [1.165, 1.54) is 24.3 Å². The van der Waals surface area contributed by atoms with Gasteiger partial charge >= 0.3 is 5.76 Å². The van der Waals surface area contributed by atoms with Crippen LogP contribution in [0, 0.1) is 23.0 Å². The van der Waals surface area contributed by atoms with Gasteiger partial charge in [-0.3, -0.25) is 9.71 Å². The summed E-state index contributed by atoms with van der Waals surface area (Å²) in [4.78, 5) is 12.2. The van der Waals surface area contributed by atoms with Crippen molar-refractivity contribution in [3.05, 3.63) is 58.1 Å². The Labute approximate surface area is 133 Å². The molecule has 0 aliphatic carbocycles. The van der Waals surface area contributed by atoms with Crippen LogP contribution in [0.25, 0.3) is 11.1 Å². The van der Waals surface area contributed by atoms with Crippen LogP contribution in [0.3, 0.4) is 0 Å². The first-order valence-corrected chi connectivity index (χ1v) is 7.83. The van der Waals surface area contributed by atoms with Crippen molar-refractivity contribution in [2.75, 3.05) is 4.72 Å². The number of nitrogens with one attached hydrogen (secondary N) is 2. The van der Waals surface area contributed by atoms with Crippen molar-refractivity contribution in [2.45, 2.75) is 4.90 Å². The zero-order valence-electron chi connectivity index (χ0n) is 11.6. The molecule has 0 amide bonds. The quantitative estimate of drug-likeness (QED) is 0.749. The standard InChI is InChI=1S/C14H7F2N3O4S/c15-9-3-7(6-17)4-10(16)13(9)24(21,22)19-8-1-2-12-11(5-8)18-14(20)23-12/h1-5,19H,(H,18,20). The molecule has 0 spiro atoms. The molecule has 1 aromatic heterocycles. The number of hydrogen-bond acceptors (Lipinski definition) is 5. The van der Waals surface area contributed by atoms with Crippen LogP contribution in [0.2, 0.25) is 0 Å². The molecule has 3 aromatic rings. The van der Waals surface area contributed by atoms with Crippen LogP contribution < -0.4 is 10.5 Å². The highest BCUT2D eigenvalue weighted by Crippen LogP contribution is 2.24. The Morgan fingerprint density at radius 2 is 1.83 bits per heavy atom. The van der Waals surface area contributed by atoms with Crippen molar-refractivity contribution < 1.29 is 21.6 Å². The van der Waals surface area contributed by atoms with Gasteiger partial charge in [-0.25, -0.2) is 22.0 Å². The highest BCUT2D eigenvalue weighted by atomic mass is 32.2. The first-order valence-electron chi connectivity index (χ1n) is 6.35. The maximum atomic E-state index is 13.9. The van der Waals surface area contributed by atoms with Crippen LogP contribution in [-0.2, 0) is 10.0 Å². The van der Waals surface area contributed by atoms with Crippen molar-refractivity contribution in [3.8, 4) is 6.07 Å². The summed E-state index contributed by atoms with van der Waals surface area (Å²) >= 11 is 0. The van der Waals surface area contributed by atoms with Gasteiger partial charge in [0, 0.05) is 0 Å². The molecule has 0 saturated heterocycles. The molecule has 122 valence electrons. The first kappa shape index (κ1) is 15.7. The van der Waals surface area contributed by atoms with Gasteiger partial charge in [0.2, 0.25) is 0 Å². The lowest BCUT2D eigenvalue weighted by molar-refractivity contribution is 0.520. The van der Waals surface area contributed by atoms with Gasteiger partial charge in [-0.05, 0) is 30.3 Å². The molecule has 10 heteroatoms. The van der Waals surface area contributed by atoms with E-state index < -0.39 is 32.3 Å². The Bertz CT molecular complexity index is 1140.